The van der Waals surface area contributed by atoms with Crippen molar-refractivity contribution < 1.29 is 9.90 Å². The summed E-state index contributed by atoms with van der Waals surface area (Å²) in [5.41, 5.74) is 10.9. The van der Waals surface area contributed by atoms with E-state index in [9.17, 15) is 4.79 Å². The number of aliphatic carboxylic acids is 1. The van der Waals surface area contributed by atoms with Gasteiger partial charge in [0.05, 0.1) is 5.92 Å². The summed E-state index contributed by atoms with van der Waals surface area (Å²) < 4.78 is 0. The van der Waals surface area contributed by atoms with Crippen LogP contribution in [0.15, 0.2) is 12.1 Å². The third-order valence-corrected chi connectivity index (χ3v) is 4.51. The molecule has 1 aromatic rings. The predicted molar refractivity (Wildman–Crippen MR) is 82.9 cm³/mol. The van der Waals surface area contributed by atoms with Crippen LogP contribution in [-0.4, -0.2) is 17.6 Å². The molecule has 3 nitrogen and oxygen atoms in total. The van der Waals surface area contributed by atoms with Gasteiger partial charge in [-0.3, -0.25) is 4.79 Å². The first-order valence-electron chi connectivity index (χ1n) is 7.39. The smallest absolute Gasteiger partial charge is 0.307 e. The molecule has 1 aromatic carbocycles. The summed E-state index contributed by atoms with van der Waals surface area (Å²) in [4.78, 5) is 11.1. The molecule has 3 N–H and O–H groups in total. The van der Waals surface area contributed by atoms with E-state index in [4.69, 9.17) is 10.8 Å². The van der Waals surface area contributed by atoms with E-state index in [-0.39, 0.29) is 6.54 Å². The van der Waals surface area contributed by atoms with Crippen molar-refractivity contribution in [2.24, 2.45) is 17.6 Å². The molecule has 3 heteroatoms. The number of carboxylic acids is 1. The number of benzene rings is 1. The zero-order valence-electron chi connectivity index (χ0n) is 13.1. The maximum atomic E-state index is 11.1. The molecule has 0 fully saturated rings. The third kappa shape index (κ3) is 4.07. The molecular formula is C17H27NO2. The Balaban J connectivity index is 2.84. The number of carboxylic acid groups (broad SMARTS) is 1. The van der Waals surface area contributed by atoms with E-state index >= 15 is 0 Å². The highest BCUT2D eigenvalue weighted by Crippen LogP contribution is 2.25. The van der Waals surface area contributed by atoms with Crippen molar-refractivity contribution in [3.63, 3.8) is 0 Å². The van der Waals surface area contributed by atoms with Crippen LogP contribution >= 0.6 is 0 Å². The van der Waals surface area contributed by atoms with Gasteiger partial charge in [0.1, 0.15) is 0 Å². The summed E-state index contributed by atoms with van der Waals surface area (Å²) in [7, 11) is 0. The van der Waals surface area contributed by atoms with Crippen molar-refractivity contribution in [3.05, 3.63) is 34.4 Å². The fourth-order valence-corrected chi connectivity index (χ4v) is 2.64. The zero-order chi connectivity index (χ0) is 15.3. The molecule has 1 rings (SSSR count). The largest absolute Gasteiger partial charge is 0.481 e. The lowest BCUT2D eigenvalue weighted by Crippen LogP contribution is -2.26. The van der Waals surface area contributed by atoms with E-state index in [0.29, 0.717) is 12.3 Å². The Morgan fingerprint density at radius 1 is 1.25 bits per heavy atom. The third-order valence-electron chi connectivity index (χ3n) is 4.51. The first-order chi connectivity index (χ1) is 9.40. The van der Waals surface area contributed by atoms with Gasteiger partial charge in [-0.1, -0.05) is 25.5 Å². The van der Waals surface area contributed by atoms with Crippen molar-refractivity contribution in [2.75, 3.05) is 6.54 Å². The summed E-state index contributed by atoms with van der Waals surface area (Å²) in [6.45, 7) is 8.77. The van der Waals surface area contributed by atoms with Gasteiger partial charge in [-0.2, -0.15) is 0 Å². The fourth-order valence-electron chi connectivity index (χ4n) is 2.64. The Bertz CT molecular complexity index is 468. The van der Waals surface area contributed by atoms with Crippen LogP contribution in [0.25, 0.3) is 0 Å². The van der Waals surface area contributed by atoms with Gasteiger partial charge in [0.25, 0.3) is 0 Å². The maximum absolute atomic E-state index is 11.1. The highest BCUT2D eigenvalue weighted by atomic mass is 16.4. The van der Waals surface area contributed by atoms with Crippen LogP contribution in [0.5, 0.6) is 0 Å². The van der Waals surface area contributed by atoms with Gasteiger partial charge in [0.15, 0.2) is 0 Å². The Hall–Kier alpha value is -1.35. The van der Waals surface area contributed by atoms with Gasteiger partial charge in [0, 0.05) is 6.54 Å². The van der Waals surface area contributed by atoms with Crippen LogP contribution in [0.3, 0.4) is 0 Å². The molecule has 0 saturated heterocycles. The molecular weight excluding hydrogens is 250 g/mol. The van der Waals surface area contributed by atoms with E-state index in [2.05, 4.69) is 39.8 Å². The van der Waals surface area contributed by atoms with Crippen molar-refractivity contribution >= 4 is 5.97 Å². The van der Waals surface area contributed by atoms with E-state index in [0.717, 1.165) is 12.8 Å². The molecule has 0 bridgehead atoms. The molecule has 0 spiro atoms. The summed E-state index contributed by atoms with van der Waals surface area (Å²) in [6, 6.07) is 4.33. The molecule has 0 amide bonds. The summed E-state index contributed by atoms with van der Waals surface area (Å²) >= 11 is 0. The standard InChI is InChI=1S/C17H27NO2/c1-5-14(9-16(10-18)17(19)20)8-15-7-6-11(2)12(3)13(15)4/h6-7,14,16H,5,8-10,18H2,1-4H3,(H,19,20). The second kappa shape index (κ2) is 7.44. The average Bonchev–Trinajstić information content (AvgIpc) is 2.42. The summed E-state index contributed by atoms with van der Waals surface area (Å²) in [5.74, 6) is -0.824. The van der Waals surface area contributed by atoms with Gasteiger partial charge in [-0.25, -0.2) is 0 Å². The quantitative estimate of drug-likeness (QED) is 0.804. The molecule has 20 heavy (non-hydrogen) atoms. The summed E-state index contributed by atoms with van der Waals surface area (Å²) in [6.07, 6.45) is 2.58. The maximum Gasteiger partial charge on any atom is 0.307 e. The molecule has 0 aliphatic carbocycles. The van der Waals surface area contributed by atoms with Crippen LogP contribution in [0.4, 0.5) is 0 Å². The number of hydrogen-bond acceptors (Lipinski definition) is 2. The number of hydrogen-bond donors (Lipinski definition) is 2. The monoisotopic (exact) mass is 277 g/mol. The SMILES string of the molecule is CCC(Cc1ccc(C)c(C)c1C)CC(CN)C(=O)O. The molecule has 2 atom stereocenters. The molecule has 2 unspecified atom stereocenters. The number of carbonyl (C=O) groups is 1. The molecule has 0 aliphatic rings. The second-order valence-corrected chi connectivity index (χ2v) is 5.78. The first-order valence-corrected chi connectivity index (χ1v) is 7.39. The Morgan fingerprint density at radius 3 is 2.40 bits per heavy atom. The fraction of sp³-hybridized carbons (Fsp3) is 0.588. The van der Waals surface area contributed by atoms with Crippen LogP contribution in [-0.2, 0) is 11.2 Å². The second-order valence-electron chi connectivity index (χ2n) is 5.78. The van der Waals surface area contributed by atoms with Crippen molar-refractivity contribution in [1.29, 1.82) is 0 Å². The Labute approximate surface area is 122 Å². The number of nitrogens with two attached hydrogens (primary N) is 1. The van der Waals surface area contributed by atoms with Gasteiger partial charge in [0.2, 0.25) is 0 Å². The van der Waals surface area contributed by atoms with Crippen molar-refractivity contribution in [3.8, 4) is 0 Å². The molecule has 0 saturated carbocycles. The average molecular weight is 277 g/mol. The minimum Gasteiger partial charge on any atom is -0.481 e. The van der Waals surface area contributed by atoms with Crippen LogP contribution in [0.2, 0.25) is 0 Å². The van der Waals surface area contributed by atoms with Crippen LogP contribution in [0.1, 0.15) is 42.0 Å². The minimum atomic E-state index is -0.775. The lowest BCUT2D eigenvalue weighted by molar-refractivity contribution is -0.142. The number of aryl methyl sites for hydroxylation is 1. The van der Waals surface area contributed by atoms with Gasteiger partial charge in [-0.05, 0) is 61.8 Å². The van der Waals surface area contributed by atoms with Gasteiger partial charge < -0.3 is 10.8 Å². The molecule has 0 aliphatic heterocycles. The van der Waals surface area contributed by atoms with Crippen molar-refractivity contribution in [1.82, 2.24) is 0 Å². The summed E-state index contributed by atoms with van der Waals surface area (Å²) in [5, 5.41) is 9.14. The molecule has 0 aromatic heterocycles. The topological polar surface area (TPSA) is 63.3 Å². The lowest BCUT2D eigenvalue weighted by atomic mass is 9.85. The van der Waals surface area contributed by atoms with Crippen LogP contribution in [0, 0.1) is 32.6 Å². The highest BCUT2D eigenvalue weighted by Gasteiger charge is 2.21. The van der Waals surface area contributed by atoms with Crippen molar-refractivity contribution in [2.45, 2.75) is 47.0 Å². The van der Waals surface area contributed by atoms with Gasteiger partial charge >= 0.3 is 5.97 Å². The van der Waals surface area contributed by atoms with E-state index in [1.165, 1.54) is 22.3 Å². The predicted octanol–water partition coefficient (Wildman–Crippen LogP) is 3.23. The Morgan fingerprint density at radius 2 is 1.90 bits per heavy atom. The van der Waals surface area contributed by atoms with E-state index in [1.807, 2.05) is 0 Å². The molecule has 112 valence electrons. The minimum absolute atomic E-state index is 0.220. The molecule has 0 radical (unpaired) electrons. The highest BCUT2D eigenvalue weighted by molar-refractivity contribution is 5.70. The first kappa shape index (κ1) is 16.7. The lowest BCUT2D eigenvalue weighted by Gasteiger charge is -2.21. The molecule has 0 heterocycles. The van der Waals surface area contributed by atoms with E-state index < -0.39 is 11.9 Å². The normalized spacial score (nSPS) is 14.1. The zero-order valence-corrected chi connectivity index (χ0v) is 13.1. The van der Waals surface area contributed by atoms with Crippen LogP contribution < -0.4 is 5.73 Å². The van der Waals surface area contributed by atoms with Gasteiger partial charge in [-0.15, -0.1) is 0 Å². The Kier molecular flexibility index (Phi) is 6.21. The van der Waals surface area contributed by atoms with E-state index in [1.54, 1.807) is 0 Å². The number of rotatable bonds is 7.